The van der Waals surface area contributed by atoms with Crippen molar-refractivity contribution in [2.75, 3.05) is 5.32 Å². The summed E-state index contributed by atoms with van der Waals surface area (Å²) < 4.78 is 18.7. The van der Waals surface area contributed by atoms with Gasteiger partial charge in [-0.3, -0.25) is 4.79 Å². The summed E-state index contributed by atoms with van der Waals surface area (Å²) in [5.41, 5.74) is 5.35. The molecule has 0 spiro atoms. The van der Waals surface area contributed by atoms with Crippen LogP contribution in [0, 0.1) is 5.95 Å². The van der Waals surface area contributed by atoms with E-state index in [1.807, 2.05) is 0 Å². The molecular weight excluding hydrogens is 341 g/mol. The Kier molecular flexibility index (Phi) is 5.03. The van der Waals surface area contributed by atoms with Gasteiger partial charge in [0, 0.05) is 0 Å². The molecule has 26 heavy (non-hydrogen) atoms. The fourth-order valence-electron chi connectivity index (χ4n) is 1.97. The maximum atomic E-state index is 13.2. The molecule has 1 amide bonds. The number of rotatable bonds is 5. The number of aliphatic imine (C=N–C) groups is 1. The first-order valence-corrected chi connectivity index (χ1v) is 7.27. The number of anilines is 1. The van der Waals surface area contributed by atoms with Crippen LogP contribution in [0.2, 0.25) is 0 Å². The second-order valence-electron chi connectivity index (χ2n) is 4.80. The van der Waals surface area contributed by atoms with Gasteiger partial charge in [0.25, 0.3) is 5.91 Å². The second kappa shape index (κ2) is 7.75. The molecule has 0 unspecified atom stereocenters. The van der Waals surface area contributed by atoms with Gasteiger partial charge in [-0.15, -0.1) is 0 Å². The number of halogens is 1. The molecule has 0 aromatic carbocycles. The molecular formula is C16H12FN7O2. The van der Waals surface area contributed by atoms with E-state index in [-0.39, 0.29) is 22.9 Å². The molecule has 3 rings (SSSR count). The average Bonchev–Trinajstić information content (AvgIpc) is 2.64. The molecule has 3 heterocycles. The lowest BCUT2D eigenvalue weighted by molar-refractivity contribution is 0.102. The van der Waals surface area contributed by atoms with E-state index in [9.17, 15) is 9.18 Å². The van der Waals surface area contributed by atoms with Gasteiger partial charge in [0.05, 0.1) is 30.5 Å². The molecule has 0 fully saturated rings. The van der Waals surface area contributed by atoms with E-state index in [1.165, 1.54) is 43.1 Å². The van der Waals surface area contributed by atoms with Crippen LogP contribution in [0.3, 0.4) is 0 Å². The monoisotopic (exact) mass is 353 g/mol. The number of amides is 1. The molecule has 0 aliphatic heterocycles. The quantitative estimate of drug-likeness (QED) is 0.408. The molecule has 9 nitrogen and oxygen atoms in total. The molecule has 10 heteroatoms. The van der Waals surface area contributed by atoms with Gasteiger partial charge in [-0.05, 0) is 18.2 Å². The number of ether oxygens (including phenoxy) is 1. The number of nitrogens with zero attached hydrogens (tertiary/aromatic N) is 5. The lowest BCUT2D eigenvalue weighted by atomic mass is 10.2. The Balaban J connectivity index is 1.89. The zero-order chi connectivity index (χ0) is 18.4. The van der Waals surface area contributed by atoms with Crippen LogP contribution in [0.1, 0.15) is 10.4 Å². The third-order valence-electron chi connectivity index (χ3n) is 3.01. The largest absolute Gasteiger partial charge is 0.452 e. The Morgan fingerprint density at radius 1 is 1.23 bits per heavy atom. The summed E-state index contributed by atoms with van der Waals surface area (Å²) in [6.45, 7) is 0. The number of hydrogen-bond acceptors (Lipinski definition) is 7. The van der Waals surface area contributed by atoms with Gasteiger partial charge in [-0.25, -0.2) is 24.9 Å². The summed E-state index contributed by atoms with van der Waals surface area (Å²) in [7, 11) is 0. The molecule has 0 radical (unpaired) electrons. The van der Waals surface area contributed by atoms with E-state index in [4.69, 9.17) is 10.5 Å². The van der Waals surface area contributed by atoms with Crippen molar-refractivity contribution in [3.8, 4) is 11.5 Å². The highest BCUT2D eigenvalue weighted by molar-refractivity contribution is 6.07. The normalized spacial score (nSPS) is 10.7. The molecule has 0 atom stereocenters. The number of aromatic nitrogens is 4. The third kappa shape index (κ3) is 4.12. The smallest absolute Gasteiger partial charge is 0.260 e. The summed E-state index contributed by atoms with van der Waals surface area (Å²) in [4.78, 5) is 31.6. The SMILES string of the molecule is N/C=N\c1ncc(Oc2cncnc2)cc1C(=O)Nc1cccc(F)n1. The lowest BCUT2D eigenvalue weighted by Gasteiger charge is -2.09. The zero-order valence-electron chi connectivity index (χ0n) is 13.2. The molecule has 0 saturated heterocycles. The van der Waals surface area contributed by atoms with Crippen LogP contribution in [0.4, 0.5) is 16.0 Å². The van der Waals surface area contributed by atoms with E-state index >= 15 is 0 Å². The van der Waals surface area contributed by atoms with Crippen LogP contribution in [0.15, 0.2) is 54.2 Å². The molecule has 130 valence electrons. The second-order valence-corrected chi connectivity index (χ2v) is 4.80. The number of hydrogen-bond donors (Lipinski definition) is 2. The van der Waals surface area contributed by atoms with Crippen LogP contribution in [0.5, 0.6) is 11.5 Å². The maximum Gasteiger partial charge on any atom is 0.260 e. The first-order chi connectivity index (χ1) is 12.7. The van der Waals surface area contributed by atoms with Crippen molar-refractivity contribution in [1.82, 2.24) is 19.9 Å². The Morgan fingerprint density at radius 3 is 2.77 bits per heavy atom. The fraction of sp³-hybridized carbons (Fsp3) is 0. The van der Waals surface area contributed by atoms with Gasteiger partial charge in [-0.1, -0.05) is 6.07 Å². The van der Waals surface area contributed by atoms with Crippen molar-refractivity contribution >= 4 is 23.9 Å². The number of nitrogens with two attached hydrogens (primary N) is 1. The summed E-state index contributed by atoms with van der Waals surface area (Å²) in [6, 6.07) is 5.45. The van der Waals surface area contributed by atoms with Crippen LogP contribution >= 0.6 is 0 Å². The highest BCUT2D eigenvalue weighted by Crippen LogP contribution is 2.25. The van der Waals surface area contributed by atoms with E-state index in [1.54, 1.807) is 0 Å². The van der Waals surface area contributed by atoms with Crippen molar-refractivity contribution in [1.29, 1.82) is 0 Å². The first-order valence-electron chi connectivity index (χ1n) is 7.27. The summed E-state index contributed by atoms with van der Waals surface area (Å²) in [5.74, 6) is -0.595. The fourth-order valence-corrected chi connectivity index (χ4v) is 1.97. The van der Waals surface area contributed by atoms with Gasteiger partial charge in [0.1, 0.15) is 17.9 Å². The maximum absolute atomic E-state index is 13.2. The Bertz CT molecular complexity index is 950. The number of carbonyl (C=O) groups excluding carboxylic acids is 1. The van der Waals surface area contributed by atoms with Gasteiger partial charge in [0.15, 0.2) is 11.6 Å². The van der Waals surface area contributed by atoms with Crippen molar-refractivity contribution < 1.29 is 13.9 Å². The molecule has 0 aliphatic carbocycles. The molecule has 0 bridgehead atoms. The van der Waals surface area contributed by atoms with Gasteiger partial charge >= 0.3 is 0 Å². The third-order valence-corrected chi connectivity index (χ3v) is 3.01. The Hall–Kier alpha value is -3.95. The Labute approximate surface area is 146 Å². The highest BCUT2D eigenvalue weighted by Gasteiger charge is 2.15. The average molecular weight is 353 g/mol. The number of nitrogens with one attached hydrogen (secondary N) is 1. The van der Waals surface area contributed by atoms with Crippen LogP contribution in [0.25, 0.3) is 0 Å². The van der Waals surface area contributed by atoms with E-state index in [0.29, 0.717) is 5.75 Å². The molecule has 3 aromatic heterocycles. The Morgan fingerprint density at radius 2 is 2.04 bits per heavy atom. The minimum absolute atomic E-state index is 0.0421. The topological polar surface area (TPSA) is 128 Å². The predicted molar refractivity (Wildman–Crippen MR) is 90.8 cm³/mol. The molecule has 0 aliphatic rings. The van der Waals surface area contributed by atoms with Crippen molar-refractivity contribution in [3.63, 3.8) is 0 Å². The highest BCUT2D eigenvalue weighted by atomic mass is 19.1. The number of pyridine rings is 2. The standard InChI is InChI=1S/C16H12FN7O2/c17-13-2-1-3-14(23-13)24-16(25)12-4-10(7-21-15(12)22-8-18)26-11-5-19-9-20-6-11/h1-9H,(H2,18,21,22)(H,23,24,25). The minimum Gasteiger partial charge on any atom is -0.452 e. The predicted octanol–water partition coefficient (Wildman–Crippen LogP) is 2.07. The minimum atomic E-state index is -0.720. The van der Waals surface area contributed by atoms with Gasteiger partial charge in [-0.2, -0.15) is 4.39 Å². The van der Waals surface area contributed by atoms with Crippen LogP contribution in [-0.2, 0) is 0 Å². The van der Waals surface area contributed by atoms with E-state index < -0.39 is 11.9 Å². The summed E-state index contributed by atoms with van der Waals surface area (Å²) in [5, 5.41) is 2.46. The van der Waals surface area contributed by atoms with E-state index in [0.717, 1.165) is 12.4 Å². The van der Waals surface area contributed by atoms with Crippen molar-refractivity contribution in [2.24, 2.45) is 10.7 Å². The van der Waals surface area contributed by atoms with E-state index in [2.05, 4.69) is 30.2 Å². The van der Waals surface area contributed by atoms with Gasteiger partial charge in [0.2, 0.25) is 5.95 Å². The first kappa shape index (κ1) is 16.9. The van der Waals surface area contributed by atoms with Crippen LogP contribution < -0.4 is 15.8 Å². The number of carbonyl (C=O) groups is 1. The van der Waals surface area contributed by atoms with Gasteiger partial charge < -0.3 is 15.8 Å². The molecule has 0 saturated carbocycles. The molecule has 3 N–H and O–H groups in total. The lowest BCUT2D eigenvalue weighted by Crippen LogP contribution is -2.14. The van der Waals surface area contributed by atoms with Crippen molar-refractivity contribution in [3.05, 3.63) is 60.7 Å². The van der Waals surface area contributed by atoms with Crippen LogP contribution in [-0.4, -0.2) is 32.2 Å². The van der Waals surface area contributed by atoms with Crippen molar-refractivity contribution in [2.45, 2.75) is 0 Å². The molecule has 3 aromatic rings. The zero-order valence-corrected chi connectivity index (χ0v) is 13.2. The summed E-state index contributed by atoms with van der Waals surface area (Å²) >= 11 is 0. The summed E-state index contributed by atoms with van der Waals surface area (Å²) in [6.07, 6.45) is 6.64.